The molecule has 0 rings (SSSR count). The van der Waals surface area contributed by atoms with Crippen LogP contribution in [0, 0.1) is 5.92 Å². The van der Waals surface area contributed by atoms with Crippen LogP contribution < -0.4 is 0 Å². The molecule has 1 unspecified atom stereocenters. The molecule has 0 radical (unpaired) electrons. The number of ether oxygens (including phenoxy) is 1. The van der Waals surface area contributed by atoms with Gasteiger partial charge in [0.05, 0.1) is 6.61 Å². The van der Waals surface area contributed by atoms with E-state index < -0.39 is 5.97 Å². The lowest BCUT2D eigenvalue weighted by atomic mass is 9.99. The zero-order chi connectivity index (χ0) is 16.0. The van der Waals surface area contributed by atoms with Crippen molar-refractivity contribution < 1.29 is 19.4 Å². The second-order valence-electron chi connectivity index (χ2n) is 5.06. The molecule has 1 atom stereocenters. The lowest BCUT2D eigenvalue weighted by Gasteiger charge is -2.11. The molecule has 0 saturated carbocycles. The van der Waals surface area contributed by atoms with Gasteiger partial charge in [0.15, 0.2) is 0 Å². The van der Waals surface area contributed by atoms with Crippen molar-refractivity contribution >= 4 is 11.9 Å². The van der Waals surface area contributed by atoms with Gasteiger partial charge in [0.25, 0.3) is 0 Å². The lowest BCUT2D eigenvalue weighted by Crippen LogP contribution is -2.07. The number of carbonyl (C=O) groups is 2. The number of carboxylic acids is 1. The average molecular weight is 286 g/mol. The van der Waals surface area contributed by atoms with Crippen molar-refractivity contribution in [2.45, 2.75) is 66.2 Å². The predicted octanol–water partition coefficient (Wildman–Crippen LogP) is 4.19. The van der Waals surface area contributed by atoms with Crippen LogP contribution in [0.25, 0.3) is 0 Å². The fourth-order valence-electron chi connectivity index (χ4n) is 1.37. The third kappa shape index (κ3) is 19.0. The van der Waals surface area contributed by atoms with Gasteiger partial charge in [0.2, 0.25) is 0 Å². The van der Waals surface area contributed by atoms with Gasteiger partial charge >= 0.3 is 11.9 Å². The van der Waals surface area contributed by atoms with Crippen LogP contribution in [0.3, 0.4) is 0 Å². The van der Waals surface area contributed by atoms with Gasteiger partial charge in [-0.05, 0) is 32.1 Å². The maximum atomic E-state index is 10.9. The van der Waals surface area contributed by atoms with Crippen molar-refractivity contribution in [3.63, 3.8) is 0 Å². The third-order valence-corrected chi connectivity index (χ3v) is 2.77. The SMILES string of the molecule is C=C(C)CCCC(C)CCOC(=O)CC.CCC(=O)O. The molecule has 0 spiro atoms. The third-order valence-electron chi connectivity index (χ3n) is 2.77. The summed E-state index contributed by atoms with van der Waals surface area (Å²) in [5.74, 6) is -0.205. The van der Waals surface area contributed by atoms with Crippen LogP contribution in [0.1, 0.15) is 66.2 Å². The number of rotatable bonds is 9. The van der Waals surface area contributed by atoms with Gasteiger partial charge < -0.3 is 9.84 Å². The number of carboxylic acid groups (broad SMARTS) is 1. The van der Waals surface area contributed by atoms with Crippen molar-refractivity contribution in [3.8, 4) is 0 Å². The standard InChI is InChI=1S/C13H24O2.C3H6O2/c1-5-13(14)15-10-9-12(4)8-6-7-11(2)3;1-2-3(4)5/h12H,2,5-10H2,1,3-4H3;2H2,1H3,(H,4,5). The summed E-state index contributed by atoms with van der Waals surface area (Å²) in [6, 6.07) is 0. The summed E-state index contributed by atoms with van der Waals surface area (Å²) in [6.45, 7) is 12.1. The van der Waals surface area contributed by atoms with Gasteiger partial charge in [-0.15, -0.1) is 6.58 Å². The van der Waals surface area contributed by atoms with Crippen LogP contribution in [0.2, 0.25) is 0 Å². The molecule has 4 nitrogen and oxygen atoms in total. The molecule has 0 aromatic carbocycles. The predicted molar refractivity (Wildman–Crippen MR) is 81.6 cm³/mol. The first-order chi connectivity index (χ1) is 9.33. The van der Waals surface area contributed by atoms with E-state index in [1.54, 1.807) is 6.92 Å². The van der Waals surface area contributed by atoms with Gasteiger partial charge in [-0.25, -0.2) is 0 Å². The number of allylic oxidation sites excluding steroid dienone is 1. The van der Waals surface area contributed by atoms with Crippen LogP contribution in [-0.4, -0.2) is 23.7 Å². The molecular weight excluding hydrogens is 256 g/mol. The van der Waals surface area contributed by atoms with Crippen molar-refractivity contribution in [2.24, 2.45) is 5.92 Å². The summed E-state index contributed by atoms with van der Waals surface area (Å²) in [5.41, 5.74) is 1.25. The summed E-state index contributed by atoms with van der Waals surface area (Å²) >= 11 is 0. The molecule has 0 amide bonds. The number of hydrogen-bond acceptors (Lipinski definition) is 3. The van der Waals surface area contributed by atoms with Crippen LogP contribution in [-0.2, 0) is 14.3 Å². The average Bonchev–Trinajstić information content (AvgIpc) is 2.38. The number of aliphatic carboxylic acids is 1. The first-order valence-corrected chi connectivity index (χ1v) is 7.35. The molecular formula is C16H30O4. The number of esters is 1. The normalized spacial score (nSPS) is 11.0. The molecule has 0 aliphatic rings. The smallest absolute Gasteiger partial charge is 0.305 e. The topological polar surface area (TPSA) is 63.6 Å². The molecule has 0 aliphatic carbocycles. The molecule has 0 fully saturated rings. The summed E-state index contributed by atoms with van der Waals surface area (Å²) in [4.78, 5) is 20.2. The highest BCUT2D eigenvalue weighted by molar-refractivity contribution is 5.68. The van der Waals surface area contributed by atoms with E-state index in [1.807, 2.05) is 6.92 Å². The minimum atomic E-state index is -0.745. The van der Waals surface area contributed by atoms with E-state index in [9.17, 15) is 9.59 Å². The zero-order valence-corrected chi connectivity index (χ0v) is 13.4. The summed E-state index contributed by atoms with van der Waals surface area (Å²) in [7, 11) is 0. The van der Waals surface area contributed by atoms with Crippen molar-refractivity contribution in [2.75, 3.05) is 6.61 Å². The quantitative estimate of drug-likeness (QED) is 0.510. The zero-order valence-electron chi connectivity index (χ0n) is 13.4. The first-order valence-electron chi connectivity index (χ1n) is 7.35. The molecule has 1 N–H and O–H groups in total. The van der Waals surface area contributed by atoms with Crippen molar-refractivity contribution in [1.82, 2.24) is 0 Å². The molecule has 0 aromatic heterocycles. The fraction of sp³-hybridized carbons (Fsp3) is 0.750. The van der Waals surface area contributed by atoms with Gasteiger partial charge in [0.1, 0.15) is 0 Å². The summed E-state index contributed by atoms with van der Waals surface area (Å²) < 4.78 is 5.03. The minimum Gasteiger partial charge on any atom is -0.481 e. The minimum absolute atomic E-state index is 0.0934. The Morgan fingerprint density at radius 3 is 2.15 bits per heavy atom. The maximum Gasteiger partial charge on any atom is 0.305 e. The monoisotopic (exact) mass is 286 g/mol. The Labute approximate surface area is 123 Å². The van der Waals surface area contributed by atoms with E-state index in [-0.39, 0.29) is 12.4 Å². The lowest BCUT2D eigenvalue weighted by molar-refractivity contribution is -0.143. The Hall–Kier alpha value is -1.32. The van der Waals surface area contributed by atoms with Gasteiger partial charge in [-0.1, -0.05) is 32.8 Å². The molecule has 118 valence electrons. The molecule has 0 bridgehead atoms. The molecule has 0 saturated heterocycles. The Kier molecular flexibility index (Phi) is 14.8. The van der Waals surface area contributed by atoms with E-state index in [2.05, 4.69) is 20.4 Å². The Morgan fingerprint density at radius 1 is 1.20 bits per heavy atom. The highest BCUT2D eigenvalue weighted by Gasteiger charge is 2.04. The van der Waals surface area contributed by atoms with Crippen molar-refractivity contribution in [3.05, 3.63) is 12.2 Å². The molecule has 20 heavy (non-hydrogen) atoms. The Bertz CT molecular complexity index is 284. The van der Waals surface area contributed by atoms with Gasteiger partial charge in [-0.2, -0.15) is 0 Å². The van der Waals surface area contributed by atoms with E-state index >= 15 is 0 Å². The van der Waals surface area contributed by atoms with Crippen molar-refractivity contribution in [1.29, 1.82) is 0 Å². The van der Waals surface area contributed by atoms with Crippen LogP contribution in [0.5, 0.6) is 0 Å². The largest absolute Gasteiger partial charge is 0.481 e. The Morgan fingerprint density at radius 2 is 1.75 bits per heavy atom. The first kappa shape index (κ1) is 21.0. The van der Waals surface area contributed by atoms with E-state index in [1.165, 1.54) is 18.4 Å². The Balaban J connectivity index is 0. The van der Waals surface area contributed by atoms with Crippen LogP contribution in [0.4, 0.5) is 0 Å². The van der Waals surface area contributed by atoms with E-state index in [0.29, 0.717) is 18.9 Å². The van der Waals surface area contributed by atoms with E-state index in [0.717, 1.165) is 12.8 Å². The number of hydrogen-bond donors (Lipinski definition) is 1. The van der Waals surface area contributed by atoms with E-state index in [4.69, 9.17) is 9.84 Å². The second kappa shape index (κ2) is 14.1. The molecule has 0 aliphatic heterocycles. The number of carbonyl (C=O) groups excluding carboxylic acids is 1. The second-order valence-corrected chi connectivity index (χ2v) is 5.06. The summed E-state index contributed by atoms with van der Waals surface area (Å²) in [6.07, 6.45) is 5.17. The molecule has 0 heterocycles. The van der Waals surface area contributed by atoms with Gasteiger partial charge in [-0.3, -0.25) is 9.59 Å². The van der Waals surface area contributed by atoms with Gasteiger partial charge in [0, 0.05) is 12.8 Å². The van der Waals surface area contributed by atoms with Crippen LogP contribution >= 0.6 is 0 Å². The maximum absolute atomic E-state index is 10.9. The molecule has 4 heteroatoms. The van der Waals surface area contributed by atoms with Crippen LogP contribution in [0.15, 0.2) is 12.2 Å². The molecule has 0 aromatic rings. The highest BCUT2D eigenvalue weighted by Crippen LogP contribution is 2.14. The summed E-state index contributed by atoms with van der Waals surface area (Å²) in [5, 5.41) is 7.72. The fourth-order valence-corrected chi connectivity index (χ4v) is 1.37. The highest BCUT2D eigenvalue weighted by atomic mass is 16.5.